The van der Waals surface area contributed by atoms with Gasteiger partial charge in [-0.2, -0.15) is 0 Å². The maximum Gasteiger partial charge on any atom is 0.243 e. The van der Waals surface area contributed by atoms with Crippen LogP contribution >= 0.6 is 0 Å². The summed E-state index contributed by atoms with van der Waals surface area (Å²) in [6, 6.07) is 12.6. The third-order valence-corrected chi connectivity index (χ3v) is 7.01. The van der Waals surface area contributed by atoms with E-state index in [0.717, 1.165) is 35.6 Å². The summed E-state index contributed by atoms with van der Waals surface area (Å²) in [6.07, 6.45) is 2.39. The number of aliphatic hydroxyl groups excluding tert-OH is 1. The average Bonchev–Trinajstić information content (AvgIpc) is 3.38. The maximum absolute atomic E-state index is 13.4. The average molecular weight is 497 g/mol. The molecule has 3 amide bonds. The highest BCUT2D eigenvalue weighted by Gasteiger charge is 2.37. The molecule has 36 heavy (non-hydrogen) atoms. The molecule has 1 fully saturated rings. The first kappa shape index (κ1) is 27.6. The minimum Gasteiger partial charge on any atom is -0.390 e. The maximum atomic E-state index is 13.4. The summed E-state index contributed by atoms with van der Waals surface area (Å²) in [4.78, 5) is 41.2. The van der Waals surface area contributed by atoms with Crippen molar-refractivity contribution in [1.82, 2.24) is 20.9 Å². The van der Waals surface area contributed by atoms with E-state index in [4.69, 9.17) is 0 Å². The molecule has 2 aromatic carbocycles. The number of benzene rings is 2. The predicted octanol–water partition coefficient (Wildman–Crippen LogP) is 1.99. The van der Waals surface area contributed by atoms with Crippen LogP contribution in [0.5, 0.6) is 0 Å². The van der Waals surface area contributed by atoms with Crippen LogP contribution < -0.4 is 16.0 Å². The normalized spacial score (nSPS) is 17.2. The highest BCUT2D eigenvalue weighted by Crippen LogP contribution is 2.23. The summed E-state index contributed by atoms with van der Waals surface area (Å²) in [5.41, 5.74) is 0.918. The third-order valence-electron chi connectivity index (χ3n) is 7.01. The molecule has 0 aliphatic carbocycles. The van der Waals surface area contributed by atoms with Gasteiger partial charge in [0, 0.05) is 32.0 Å². The van der Waals surface area contributed by atoms with Gasteiger partial charge in [-0.05, 0) is 49.1 Å². The predicted molar refractivity (Wildman–Crippen MR) is 141 cm³/mol. The van der Waals surface area contributed by atoms with E-state index in [1.165, 1.54) is 0 Å². The van der Waals surface area contributed by atoms with E-state index in [1.54, 1.807) is 11.9 Å². The lowest BCUT2D eigenvalue weighted by Gasteiger charge is -2.29. The fraction of sp³-hybridized carbons (Fsp3) is 0.536. The van der Waals surface area contributed by atoms with E-state index in [0.29, 0.717) is 25.9 Å². The minimum absolute atomic E-state index is 0.0170. The first-order chi connectivity index (χ1) is 17.4. The van der Waals surface area contributed by atoms with E-state index in [-0.39, 0.29) is 30.2 Å². The molecule has 0 spiro atoms. The van der Waals surface area contributed by atoms with Gasteiger partial charge in [0.25, 0.3) is 0 Å². The van der Waals surface area contributed by atoms with Crippen molar-refractivity contribution in [2.24, 2.45) is 5.92 Å². The lowest BCUT2D eigenvalue weighted by atomic mass is 10.00. The number of hydrogen-bond donors (Lipinski definition) is 4. The Labute approximate surface area is 213 Å². The van der Waals surface area contributed by atoms with Crippen molar-refractivity contribution < 1.29 is 19.5 Å². The Balaban J connectivity index is 1.77. The van der Waals surface area contributed by atoms with Crippen molar-refractivity contribution in [3.05, 3.63) is 48.0 Å². The number of nitrogens with one attached hydrogen (secondary N) is 3. The highest BCUT2D eigenvalue weighted by atomic mass is 16.3. The summed E-state index contributed by atoms with van der Waals surface area (Å²) >= 11 is 0. The SMILES string of the molecule is CCC(CC)C(=O)N1CCCC1C(=O)N[C@H](Cc1ccc2ccccc2c1)C(=O)NCC(O)CNC. The van der Waals surface area contributed by atoms with Gasteiger partial charge in [0.15, 0.2) is 0 Å². The van der Waals surface area contributed by atoms with Crippen LogP contribution in [0.4, 0.5) is 0 Å². The van der Waals surface area contributed by atoms with Gasteiger partial charge in [-0.15, -0.1) is 0 Å². The van der Waals surface area contributed by atoms with Crippen molar-refractivity contribution in [2.75, 3.05) is 26.7 Å². The molecule has 0 radical (unpaired) electrons. The third kappa shape index (κ3) is 7.04. The van der Waals surface area contributed by atoms with Gasteiger partial charge in [-0.1, -0.05) is 56.3 Å². The van der Waals surface area contributed by atoms with Crippen LogP contribution in [0, 0.1) is 5.92 Å². The summed E-state index contributed by atoms with van der Waals surface area (Å²) in [5, 5.41) is 20.8. The van der Waals surface area contributed by atoms with Crippen LogP contribution in [0.15, 0.2) is 42.5 Å². The Morgan fingerprint density at radius 1 is 1.06 bits per heavy atom. The van der Waals surface area contributed by atoms with Crippen molar-refractivity contribution >= 4 is 28.5 Å². The van der Waals surface area contributed by atoms with E-state index >= 15 is 0 Å². The number of hydrogen-bond acceptors (Lipinski definition) is 5. The first-order valence-electron chi connectivity index (χ1n) is 13.1. The molecular weight excluding hydrogens is 456 g/mol. The van der Waals surface area contributed by atoms with Gasteiger partial charge in [0.05, 0.1) is 6.10 Å². The Hall–Kier alpha value is -2.97. The number of fused-ring (bicyclic) bond motifs is 1. The van der Waals surface area contributed by atoms with Crippen molar-refractivity contribution in [3.63, 3.8) is 0 Å². The van der Waals surface area contributed by atoms with Gasteiger partial charge in [0.2, 0.25) is 17.7 Å². The smallest absolute Gasteiger partial charge is 0.243 e. The number of carbonyl (C=O) groups excluding carboxylic acids is 3. The number of amides is 3. The number of likely N-dealkylation sites (N-methyl/N-ethyl adjacent to an activating group) is 1. The minimum atomic E-state index is -0.828. The Kier molecular flexibility index (Phi) is 10.3. The van der Waals surface area contributed by atoms with E-state index < -0.39 is 18.2 Å². The van der Waals surface area contributed by atoms with Gasteiger partial charge < -0.3 is 26.0 Å². The largest absolute Gasteiger partial charge is 0.390 e. The van der Waals surface area contributed by atoms with Gasteiger partial charge in [-0.25, -0.2) is 0 Å². The zero-order chi connectivity index (χ0) is 26.1. The Morgan fingerprint density at radius 2 is 1.78 bits per heavy atom. The fourth-order valence-corrected chi connectivity index (χ4v) is 4.90. The molecule has 2 aromatic rings. The highest BCUT2D eigenvalue weighted by molar-refractivity contribution is 5.93. The van der Waals surface area contributed by atoms with Crippen molar-refractivity contribution in [3.8, 4) is 0 Å². The fourth-order valence-electron chi connectivity index (χ4n) is 4.90. The molecule has 3 atom stereocenters. The second-order valence-corrected chi connectivity index (χ2v) is 9.61. The number of aliphatic hydroxyl groups is 1. The lowest BCUT2D eigenvalue weighted by Crippen LogP contribution is -2.55. The summed E-state index contributed by atoms with van der Waals surface area (Å²) in [5.74, 6) is -0.738. The molecule has 1 aliphatic rings. The summed E-state index contributed by atoms with van der Waals surface area (Å²) in [7, 11) is 1.73. The number of nitrogens with zero attached hydrogens (tertiary/aromatic N) is 1. The molecule has 8 heteroatoms. The molecule has 2 unspecified atom stereocenters. The van der Waals surface area contributed by atoms with Crippen LogP contribution in [-0.2, 0) is 20.8 Å². The number of carbonyl (C=O) groups is 3. The van der Waals surface area contributed by atoms with E-state index in [1.807, 2.05) is 56.3 Å². The molecule has 1 saturated heterocycles. The number of rotatable bonds is 12. The van der Waals surface area contributed by atoms with Crippen molar-refractivity contribution in [1.29, 1.82) is 0 Å². The second-order valence-electron chi connectivity index (χ2n) is 9.61. The molecule has 1 aliphatic heterocycles. The quantitative estimate of drug-likeness (QED) is 0.359. The topological polar surface area (TPSA) is 111 Å². The molecule has 3 rings (SSSR count). The zero-order valence-corrected chi connectivity index (χ0v) is 21.6. The van der Waals surface area contributed by atoms with Crippen LogP contribution in [0.2, 0.25) is 0 Å². The van der Waals surface area contributed by atoms with Crippen LogP contribution in [0.1, 0.15) is 45.1 Å². The lowest BCUT2D eigenvalue weighted by molar-refractivity contribution is -0.142. The summed E-state index contributed by atoms with van der Waals surface area (Å²) in [6.45, 7) is 4.96. The van der Waals surface area contributed by atoms with E-state index in [2.05, 4.69) is 16.0 Å². The molecule has 4 N–H and O–H groups in total. The monoisotopic (exact) mass is 496 g/mol. The van der Waals surface area contributed by atoms with E-state index in [9.17, 15) is 19.5 Å². The Morgan fingerprint density at radius 3 is 2.47 bits per heavy atom. The summed E-state index contributed by atoms with van der Waals surface area (Å²) < 4.78 is 0. The first-order valence-corrected chi connectivity index (χ1v) is 13.1. The van der Waals surface area contributed by atoms with Crippen LogP contribution in [-0.4, -0.2) is 72.6 Å². The standard InChI is InChI=1S/C28H40N4O4/c1-4-20(5-2)28(36)32-14-8-11-25(32)27(35)31-24(26(34)30-18-23(33)17-29-3)16-19-12-13-21-9-6-7-10-22(21)15-19/h6-7,9-10,12-13,15,20,23-25,29,33H,4-5,8,11,14,16-18H2,1-3H3,(H,30,34)(H,31,35)/t23?,24-,25?/m1/s1. The molecule has 1 heterocycles. The molecule has 0 aromatic heterocycles. The molecule has 0 bridgehead atoms. The van der Waals surface area contributed by atoms with Gasteiger partial charge in [-0.3, -0.25) is 14.4 Å². The zero-order valence-electron chi connectivity index (χ0n) is 21.6. The molecular formula is C28H40N4O4. The molecule has 196 valence electrons. The van der Waals surface area contributed by atoms with Crippen molar-refractivity contribution in [2.45, 2.75) is 64.1 Å². The van der Waals surface area contributed by atoms with Crippen LogP contribution in [0.3, 0.4) is 0 Å². The number of likely N-dealkylation sites (tertiary alicyclic amines) is 1. The Bertz CT molecular complexity index is 1040. The second kappa shape index (κ2) is 13.4. The van der Waals surface area contributed by atoms with Crippen LogP contribution in [0.25, 0.3) is 10.8 Å². The van der Waals surface area contributed by atoms with Gasteiger partial charge in [0.1, 0.15) is 12.1 Å². The molecule has 8 nitrogen and oxygen atoms in total. The van der Waals surface area contributed by atoms with Gasteiger partial charge >= 0.3 is 0 Å². The molecule has 0 saturated carbocycles.